The average molecular weight is 334 g/mol. The highest BCUT2D eigenvalue weighted by Crippen LogP contribution is 2.27. The maximum Gasteiger partial charge on any atom is 0.183 e. The second-order valence-corrected chi connectivity index (χ2v) is 6.57. The molecule has 1 saturated heterocycles. The average Bonchev–Trinajstić information content (AvgIpc) is 2.64. The van der Waals surface area contributed by atoms with E-state index < -0.39 is 0 Å². The molecule has 1 aliphatic carbocycles. The van der Waals surface area contributed by atoms with Gasteiger partial charge in [-0.05, 0) is 47.9 Å². The van der Waals surface area contributed by atoms with Gasteiger partial charge in [0.25, 0.3) is 0 Å². The quantitative estimate of drug-likeness (QED) is 0.903. The summed E-state index contributed by atoms with van der Waals surface area (Å²) in [5, 5.41) is 6.57. The summed E-state index contributed by atoms with van der Waals surface area (Å²) >= 11 is 0. The molecule has 1 fully saturated rings. The molecular formula is C20H22N4O. The van der Waals surface area contributed by atoms with Crippen LogP contribution in [0.2, 0.25) is 0 Å². The minimum atomic E-state index is 0.106. The van der Waals surface area contributed by atoms with Crippen molar-refractivity contribution in [3.8, 4) is 0 Å². The fourth-order valence-corrected chi connectivity index (χ4v) is 3.36. The lowest BCUT2D eigenvalue weighted by Crippen LogP contribution is -2.43. The number of fused-ring (bicyclic) bond motifs is 1. The molecule has 25 heavy (non-hydrogen) atoms. The third-order valence-electron chi connectivity index (χ3n) is 4.82. The number of Topliss-reactive ketones (excluding diaryl/α,β-unsaturated/α-hetero) is 1. The van der Waals surface area contributed by atoms with E-state index in [4.69, 9.17) is 0 Å². The standard InChI is InChI=1S/C20H22N4O/c1-14-3-2-6-22-20(14)23-18-12-15-4-5-17(11-16(15)13-19(18)25)24-9-7-21-8-10-24/h2-6,11-12,21H,7-10,13H2,1H3,(H,22,23). The highest BCUT2D eigenvalue weighted by Gasteiger charge is 2.21. The number of carbonyl (C=O) groups excluding carboxylic acids is 1. The number of pyridine rings is 1. The van der Waals surface area contributed by atoms with E-state index in [0.29, 0.717) is 12.1 Å². The molecule has 0 atom stereocenters. The summed E-state index contributed by atoms with van der Waals surface area (Å²) in [5.41, 5.74) is 5.05. The van der Waals surface area contributed by atoms with Crippen molar-refractivity contribution in [1.29, 1.82) is 0 Å². The Bertz CT molecular complexity index is 837. The van der Waals surface area contributed by atoms with Crippen LogP contribution >= 0.6 is 0 Å². The van der Waals surface area contributed by atoms with E-state index >= 15 is 0 Å². The summed E-state index contributed by atoms with van der Waals surface area (Å²) in [6.45, 7) is 6.01. The summed E-state index contributed by atoms with van der Waals surface area (Å²) in [6, 6.07) is 10.3. The molecule has 5 heteroatoms. The fraction of sp³-hybridized carbons (Fsp3) is 0.300. The summed E-state index contributed by atoms with van der Waals surface area (Å²) in [7, 11) is 0. The predicted octanol–water partition coefficient (Wildman–Crippen LogP) is 2.38. The molecule has 1 aliphatic heterocycles. The topological polar surface area (TPSA) is 57.3 Å². The predicted molar refractivity (Wildman–Crippen MR) is 101 cm³/mol. The molecule has 4 rings (SSSR count). The van der Waals surface area contributed by atoms with E-state index in [9.17, 15) is 4.79 Å². The van der Waals surface area contributed by atoms with Gasteiger partial charge in [0.2, 0.25) is 0 Å². The van der Waals surface area contributed by atoms with Crippen LogP contribution in [0.25, 0.3) is 6.08 Å². The lowest BCUT2D eigenvalue weighted by Gasteiger charge is -2.30. The molecule has 1 aromatic carbocycles. The van der Waals surface area contributed by atoms with Gasteiger partial charge < -0.3 is 15.5 Å². The number of aromatic nitrogens is 1. The smallest absolute Gasteiger partial charge is 0.183 e. The van der Waals surface area contributed by atoms with Gasteiger partial charge in [0.1, 0.15) is 5.82 Å². The monoisotopic (exact) mass is 334 g/mol. The molecule has 0 unspecified atom stereocenters. The second kappa shape index (κ2) is 6.69. The first kappa shape index (κ1) is 15.8. The Labute approximate surface area is 147 Å². The van der Waals surface area contributed by atoms with Gasteiger partial charge in [-0.15, -0.1) is 0 Å². The first-order valence-electron chi connectivity index (χ1n) is 8.73. The molecule has 5 nitrogen and oxygen atoms in total. The van der Waals surface area contributed by atoms with Crippen LogP contribution in [-0.2, 0) is 11.2 Å². The first-order valence-corrected chi connectivity index (χ1v) is 8.73. The highest BCUT2D eigenvalue weighted by atomic mass is 16.1. The van der Waals surface area contributed by atoms with Crippen LogP contribution in [0.1, 0.15) is 16.7 Å². The van der Waals surface area contributed by atoms with Gasteiger partial charge in [-0.2, -0.15) is 0 Å². The normalized spacial score (nSPS) is 17.1. The number of hydrogen-bond donors (Lipinski definition) is 2. The SMILES string of the molecule is Cc1cccnc1NC1=Cc2ccc(N3CCNCC3)cc2CC1=O. The first-order chi connectivity index (χ1) is 12.2. The minimum absolute atomic E-state index is 0.106. The highest BCUT2D eigenvalue weighted by molar-refractivity contribution is 6.06. The molecular weight excluding hydrogens is 312 g/mol. The van der Waals surface area contributed by atoms with Crippen molar-refractivity contribution in [3.63, 3.8) is 0 Å². The van der Waals surface area contributed by atoms with Crippen molar-refractivity contribution < 1.29 is 4.79 Å². The van der Waals surface area contributed by atoms with E-state index in [-0.39, 0.29) is 5.78 Å². The number of nitrogens with one attached hydrogen (secondary N) is 2. The fourth-order valence-electron chi connectivity index (χ4n) is 3.36. The van der Waals surface area contributed by atoms with Crippen molar-refractivity contribution in [2.45, 2.75) is 13.3 Å². The molecule has 0 saturated carbocycles. The van der Waals surface area contributed by atoms with Crippen LogP contribution in [0, 0.1) is 6.92 Å². The van der Waals surface area contributed by atoms with Crippen LogP contribution in [0.15, 0.2) is 42.2 Å². The number of piperazine rings is 1. The van der Waals surface area contributed by atoms with Gasteiger partial charge >= 0.3 is 0 Å². The van der Waals surface area contributed by atoms with Gasteiger partial charge in [0, 0.05) is 44.5 Å². The van der Waals surface area contributed by atoms with E-state index in [0.717, 1.165) is 48.7 Å². The lowest BCUT2D eigenvalue weighted by molar-refractivity contribution is -0.114. The van der Waals surface area contributed by atoms with Gasteiger partial charge in [-0.25, -0.2) is 4.98 Å². The van der Waals surface area contributed by atoms with E-state index in [1.165, 1.54) is 5.69 Å². The van der Waals surface area contributed by atoms with Crippen LogP contribution in [-0.4, -0.2) is 36.9 Å². The molecule has 2 aromatic rings. The van der Waals surface area contributed by atoms with E-state index in [1.807, 2.05) is 25.1 Å². The molecule has 2 N–H and O–H groups in total. The number of carbonyl (C=O) groups is 1. The Kier molecular flexibility index (Phi) is 4.24. The summed E-state index contributed by atoms with van der Waals surface area (Å²) in [6.07, 6.45) is 4.10. The number of ketones is 1. The summed E-state index contributed by atoms with van der Waals surface area (Å²) in [5.74, 6) is 0.845. The molecule has 2 heterocycles. The number of anilines is 2. The van der Waals surface area contributed by atoms with Crippen molar-refractivity contribution in [3.05, 3.63) is 58.9 Å². The lowest BCUT2D eigenvalue weighted by atomic mass is 9.93. The Balaban J connectivity index is 1.60. The van der Waals surface area contributed by atoms with Gasteiger partial charge in [0.05, 0.1) is 5.70 Å². The zero-order valence-electron chi connectivity index (χ0n) is 14.4. The molecule has 128 valence electrons. The molecule has 0 bridgehead atoms. The van der Waals surface area contributed by atoms with Crippen LogP contribution < -0.4 is 15.5 Å². The Morgan fingerprint density at radius 3 is 2.84 bits per heavy atom. The van der Waals surface area contributed by atoms with Gasteiger partial charge in [-0.3, -0.25) is 4.79 Å². The number of nitrogens with zero attached hydrogens (tertiary/aromatic N) is 2. The number of allylic oxidation sites excluding steroid dienone is 1. The second-order valence-electron chi connectivity index (χ2n) is 6.57. The number of hydrogen-bond acceptors (Lipinski definition) is 5. The zero-order valence-corrected chi connectivity index (χ0v) is 14.4. The third kappa shape index (κ3) is 3.28. The summed E-state index contributed by atoms with van der Waals surface area (Å²) in [4.78, 5) is 19.3. The third-order valence-corrected chi connectivity index (χ3v) is 4.82. The Morgan fingerprint density at radius 2 is 2.04 bits per heavy atom. The number of rotatable bonds is 3. The van der Waals surface area contributed by atoms with E-state index in [1.54, 1.807) is 6.20 Å². The maximum atomic E-state index is 12.6. The van der Waals surface area contributed by atoms with E-state index in [2.05, 4.69) is 38.7 Å². The van der Waals surface area contributed by atoms with Crippen molar-refractivity contribution >= 4 is 23.4 Å². The molecule has 0 spiro atoms. The minimum Gasteiger partial charge on any atom is -0.369 e. The van der Waals surface area contributed by atoms with Crippen molar-refractivity contribution in [1.82, 2.24) is 10.3 Å². The van der Waals surface area contributed by atoms with Crippen LogP contribution in [0.5, 0.6) is 0 Å². The van der Waals surface area contributed by atoms with Crippen LogP contribution in [0.3, 0.4) is 0 Å². The van der Waals surface area contributed by atoms with Gasteiger partial charge in [0.15, 0.2) is 5.78 Å². The van der Waals surface area contributed by atoms with Crippen molar-refractivity contribution in [2.75, 3.05) is 36.4 Å². The zero-order chi connectivity index (χ0) is 17.2. The Morgan fingerprint density at radius 1 is 1.20 bits per heavy atom. The number of aryl methyl sites for hydroxylation is 1. The van der Waals surface area contributed by atoms with Crippen molar-refractivity contribution in [2.24, 2.45) is 0 Å². The van der Waals surface area contributed by atoms with Crippen LogP contribution in [0.4, 0.5) is 11.5 Å². The molecule has 2 aliphatic rings. The molecule has 0 radical (unpaired) electrons. The molecule has 0 amide bonds. The Hall–Kier alpha value is -2.66. The maximum absolute atomic E-state index is 12.6. The summed E-state index contributed by atoms with van der Waals surface area (Å²) < 4.78 is 0. The largest absolute Gasteiger partial charge is 0.369 e. The molecule has 1 aromatic heterocycles. The van der Waals surface area contributed by atoms with Gasteiger partial charge in [-0.1, -0.05) is 12.1 Å². The number of benzene rings is 1.